The number of aromatic nitrogens is 2. The van der Waals surface area contributed by atoms with Crippen molar-refractivity contribution in [2.24, 2.45) is 5.92 Å². The Labute approximate surface area is 170 Å². The molecule has 150 valence electrons. The summed E-state index contributed by atoms with van der Waals surface area (Å²) in [6.45, 7) is 3.41. The molecule has 2 aromatic rings. The molecule has 3 rings (SSSR count). The number of nitrogens with one attached hydrogen (secondary N) is 2. The Morgan fingerprint density at radius 2 is 2.04 bits per heavy atom. The van der Waals surface area contributed by atoms with Crippen molar-refractivity contribution in [3.63, 3.8) is 0 Å². The van der Waals surface area contributed by atoms with E-state index in [0.29, 0.717) is 5.82 Å². The summed E-state index contributed by atoms with van der Waals surface area (Å²) in [5.41, 5.74) is 1.68. The van der Waals surface area contributed by atoms with Crippen molar-refractivity contribution in [3.05, 3.63) is 40.8 Å². The van der Waals surface area contributed by atoms with Crippen molar-refractivity contribution >= 4 is 27.9 Å². The number of amides is 2. The molecule has 0 spiro atoms. The van der Waals surface area contributed by atoms with Crippen molar-refractivity contribution in [3.8, 4) is 11.3 Å². The summed E-state index contributed by atoms with van der Waals surface area (Å²) in [5, 5.41) is 11.3. The summed E-state index contributed by atoms with van der Waals surface area (Å²) in [5.74, 6) is -0.216. The number of carbonyl (C=O) groups excluding carboxylic acids is 1. The summed E-state index contributed by atoms with van der Waals surface area (Å²) in [4.78, 5) is 32.9. The minimum atomic E-state index is -1.28. The Morgan fingerprint density at radius 1 is 1.36 bits per heavy atom. The smallest absolute Gasteiger partial charge is 0.405 e. The maximum atomic E-state index is 14.2. The lowest BCUT2D eigenvalue weighted by molar-refractivity contribution is -0.135. The van der Waals surface area contributed by atoms with Gasteiger partial charge in [-0.1, -0.05) is 41.9 Å². The predicted molar refractivity (Wildman–Crippen MR) is 105 cm³/mol. The van der Waals surface area contributed by atoms with E-state index in [0.717, 1.165) is 15.7 Å². The molecule has 1 aromatic carbocycles. The monoisotopic (exact) mass is 452 g/mol. The number of halogens is 2. The lowest BCUT2D eigenvalue weighted by Gasteiger charge is -2.29. The molecule has 0 saturated carbocycles. The first-order chi connectivity index (χ1) is 13.3. The Kier molecular flexibility index (Phi) is 6.02. The molecular weight excluding hydrogens is 431 g/mol. The van der Waals surface area contributed by atoms with E-state index >= 15 is 0 Å². The standard InChI is InChI=1S/C19H22BrFN4O3/c1-10(2)16(24-19(27)28)18(26)25-9-13(21)7-15(25)17-22-8-14(23-17)11-3-5-12(20)6-4-11/h3-6,8,10,13,15-16,24H,7,9H2,1-2H3,(H,22,23)(H,27,28)/t13-,15+,16+/m1/s1. The minimum Gasteiger partial charge on any atom is -0.465 e. The second-order valence-electron chi connectivity index (χ2n) is 7.20. The lowest BCUT2D eigenvalue weighted by atomic mass is 10.0. The first-order valence-electron chi connectivity index (χ1n) is 9.01. The fraction of sp³-hybridized carbons (Fsp3) is 0.421. The number of imidazole rings is 1. The van der Waals surface area contributed by atoms with Crippen LogP contribution in [0.1, 0.15) is 32.1 Å². The van der Waals surface area contributed by atoms with Crippen molar-refractivity contribution < 1.29 is 19.1 Å². The molecule has 0 radical (unpaired) electrons. The average molecular weight is 453 g/mol. The molecule has 9 heteroatoms. The number of alkyl halides is 1. The van der Waals surface area contributed by atoms with Crippen molar-refractivity contribution in [1.29, 1.82) is 0 Å². The Balaban J connectivity index is 1.85. The maximum absolute atomic E-state index is 14.2. The van der Waals surface area contributed by atoms with Gasteiger partial charge in [0.05, 0.1) is 24.5 Å². The normalized spacial score (nSPS) is 20.4. The number of hydrogen-bond acceptors (Lipinski definition) is 3. The predicted octanol–water partition coefficient (Wildman–Crippen LogP) is 3.74. The van der Waals surface area contributed by atoms with E-state index in [1.54, 1.807) is 20.0 Å². The first kappa shape index (κ1) is 20.3. The third-order valence-corrected chi connectivity index (χ3v) is 5.34. The zero-order valence-corrected chi connectivity index (χ0v) is 17.1. The highest BCUT2D eigenvalue weighted by Crippen LogP contribution is 2.34. The van der Waals surface area contributed by atoms with Crippen LogP contribution in [-0.4, -0.2) is 50.7 Å². The van der Waals surface area contributed by atoms with Crippen LogP contribution in [0.4, 0.5) is 9.18 Å². The van der Waals surface area contributed by atoms with Gasteiger partial charge in [0.15, 0.2) is 0 Å². The molecule has 1 aromatic heterocycles. The molecule has 0 bridgehead atoms. The van der Waals surface area contributed by atoms with Crippen LogP contribution in [0.25, 0.3) is 11.3 Å². The number of carboxylic acid groups (broad SMARTS) is 1. The van der Waals surface area contributed by atoms with Gasteiger partial charge >= 0.3 is 6.09 Å². The average Bonchev–Trinajstić information content (AvgIpc) is 3.26. The summed E-state index contributed by atoms with van der Waals surface area (Å²) in [7, 11) is 0. The summed E-state index contributed by atoms with van der Waals surface area (Å²) in [6.07, 6.45) is -0.693. The number of aromatic amines is 1. The van der Waals surface area contributed by atoms with Crippen molar-refractivity contribution in [2.45, 2.75) is 38.5 Å². The third-order valence-electron chi connectivity index (χ3n) is 4.81. The van der Waals surface area contributed by atoms with Crippen molar-refractivity contribution in [1.82, 2.24) is 20.2 Å². The SMILES string of the molecule is CC(C)[C@H](NC(=O)O)C(=O)N1C[C@H](F)C[C@H]1c1ncc(-c2ccc(Br)cc2)[nH]1. The molecular formula is C19H22BrFN4O3. The van der Waals surface area contributed by atoms with E-state index in [-0.39, 0.29) is 18.9 Å². The fourth-order valence-electron chi connectivity index (χ4n) is 3.39. The van der Waals surface area contributed by atoms with Crippen LogP contribution in [0.3, 0.4) is 0 Å². The van der Waals surface area contributed by atoms with Gasteiger partial charge in [-0.2, -0.15) is 0 Å². The van der Waals surface area contributed by atoms with Gasteiger partial charge in [-0.05, 0) is 23.6 Å². The molecule has 2 amide bonds. The minimum absolute atomic E-state index is 0.0810. The molecule has 1 aliphatic rings. The molecule has 3 atom stereocenters. The topological polar surface area (TPSA) is 98.3 Å². The molecule has 2 heterocycles. The van der Waals surface area contributed by atoms with Gasteiger partial charge in [0.2, 0.25) is 5.91 Å². The number of benzene rings is 1. The molecule has 1 aliphatic heterocycles. The molecule has 7 nitrogen and oxygen atoms in total. The number of nitrogens with zero attached hydrogens (tertiary/aromatic N) is 2. The zero-order valence-electron chi connectivity index (χ0n) is 15.5. The molecule has 0 aliphatic carbocycles. The van der Waals surface area contributed by atoms with E-state index in [2.05, 4.69) is 31.2 Å². The van der Waals surface area contributed by atoms with E-state index in [9.17, 15) is 14.0 Å². The number of rotatable bonds is 5. The lowest BCUT2D eigenvalue weighted by Crippen LogP contribution is -2.51. The van der Waals surface area contributed by atoms with Gasteiger partial charge in [-0.15, -0.1) is 0 Å². The van der Waals surface area contributed by atoms with Crippen LogP contribution in [0.15, 0.2) is 34.9 Å². The molecule has 0 unspecified atom stereocenters. The van der Waals surface area contributed by atoms with Crippen LogP contribution in [-0.2, 0) is 4.79 Å². The molecule has 28 heavy (non-hydrogen) atoms. The second-order valence-corrected chi connectivity index (χ2v) is 8.12. The van der Waals surface area contributed by atoms with Gasteiger partial charge in [0, 0.05) is 10.9 Å². The zero-order chi connectivity index (χ0) is 20.4. The van der Waals surface area contributed by atoms with Gasteiger partial charge in [-0.25, -0.2) is 14.2 Å². The highest BCUT2D eigenvalue weighted by molar-refractivity contribution is 9.10. The van der Waals surface area contributed by atoms with Gasteiger partial charge in [0.1, 0.15) is 18.0 Å². The van der Waals surface area contributed by atoms with Crippen molar-refractivity contribution in [2.75, 3.05) is 6.54 Å². The Hall–Kier alpha value is -2.42. The first-order valence-corrected chi connectivity index (χ1v) is 9.80. The van der Waals surface area contributed by atoms with E-state index in [4.69, 9.17) is 5.11 Å². The fourth-order valence-corrected chi connectivity index (χ4v) is 3.66. The second kappa shape index (κ2) is 8.30. The largest absolute Gasteiger partial charge is 0.465 e. The molecule has 1 fully saturated rings. The quantitative estimate of drug-likeness (QED) is 0.643. The van der Waals surface area contributed by atoms with Gasteiger partial charge in [-0.3, -0.25) is 4.79 Å². The number of likely N-dealkylation sites (tertiary alicyclic amines) is 1. The highest BCUT2D eigenvalue weighted by Gasteiger charge is 2.41. The highest BCUT2D eigenvalue weighted by atomic mass is 79.9. The Bertz CT molecular complexity index is 855. The third kappa shape index (κ3) is 4.35. The molecule has 1 saturated heterocycles. The van der Waals surface area contributed by atoms with Gasteiger partial charge < -0.3 is 20.3 Å². The summed E-state index contributed by atoms with van der Waals surface area (Å²) in [6, 6.07) is 6.15. The van der Waals surface area contributed by atoms with Crippen LogP contribution in [0, 0.1) is 5.92 Å². The van der Waals surface area contributed by atoms with Crippen LogP contribution < -0.4 is 5.32 Å². The number of hydrogen-bond donors (Lipinski definition) is 3. The van der Waals surface area contributed by atoms with Crippen LogP contribution in [0.5, 0.6) is 0 Å². The van der Waals surface area contributed by atoms with E-state index in [1.165, 1.54) is 4.90 Å². The number of H-pyrrole nitrogens is 1. The van der Waals surface area contributed by atoms with Gasteiger partial charge in [0.25, 0.3) is 0 Å². The van der Waals surface area contributed by atoms with E-state index in [1.807, 2.05) is 24.3 Å². The maximum Gasteiger partial charge on any atom is 0.405 e. The van der Waals surface area contributed by atoms with E-state index < -0.39 is 30.3 Å². The summed E-state index contributed by atoms with van der Waals surface area (Å²) < 4.78 is 15.1. The summed E-state index contributed by atoms with van der Waals surface area (Å²) >= 11 is 3.39. The van der Waals surface area contributed by atoms with Crippen LogP contribution in [0.2, 0.25) is 0 Å². The number of carbonyl (C=O) groups is 2. The Morgan fingerprint density at radius 3 is 2.64 bits per heavy atom. The van der Waals surface area contributed by atoms with Crippen LogP contribution >= 0.6 is 15.9 Å². The molecule has 3 N–H and O–H groups in total.